The van der Waals surface area contributed by atoms with Gasteiger partial charge in [-0.15, -0.1) is 0 Å². The van der Waals surface area contributed by atoms with Gasteiger partial charge in [-0.2, -0.15) is 0 Å². The third kappa shape index (κ3) is 3.18. The van der Waals surface area contributed by atoms with E-state index in [0.29, 0.717) is 21.7 Å². The molecule has 0 saturated heterocycles. The summed E-state index contributed by atoms with van der Waals surface area (Å²) in [5, 5.41) is 9.94. The van der Waals surface area contributed by atoms with Crippen LogP contribution in [-0.4, -0.2) is 16.1 Å². The second kappa shape index (κ2) is 6.19. The van der Waals surface area contributed by atoms with Gasteiger partial charge in [0.15, 0.2) is 0 Å². The zero-order valence-corrected chi connectivity index (χ0v) is 12.9. The first-order chi connectivity index (χ1) is 9.40. The highest BCUT2D eigenvalue weighted by Gasteiger charge is 2.16. The van der Waals surface area contributed by atoms with E-state index >= 15 is 0 Å². The number of carboxylic acid groups (broad SMARTS) is 1. The maximum atomic E-state index is 10.9. The molecule has 0 aliphatic rings. The number of carboxylic acids is 1. The first kappa shape index (κ1) is 15.4. The Bertz CT molecular complexity index is 688. The van der Waals surface area contributed by atoms with Crippen LogP contribution in [0.3, 0.4) is 0 Å². The van der Waals surface area contributed by atoms with Crippen LogP contribution in [-0.2, 0) is 11.2 Å². The molecule has 3 nitrogen and oxygen atoms in total. The number of benzene rings is 1. The molecule has 1 aromatic carbocycles. The normalized spacial score (nSPS) is 10.6. The van der Waals surface area contributed by atoms with Gasteiger partial charge in [0.2, 0.25) is 0 Å². The van der Waals surface area contributed by atoms with Crippen LogP contribution < -0.4 is 0 Å². The number of aromatic nitrogens is 1. The maximum Gasteiger partial charge on any atom is 0.307 e. The molecule has 104 valence electrons. The minimum absolute atomic E-state index is 0.200. The lowest BCUT2D eigenvalue weighted by Gasteiger charge is -2.11. The van der Waals surface area contributed by atoms with Crippen molar-refractivity contribution in [3.63, 3.8) is 0 Å². The second-order valence-electron chi connectivity index (χ2n) is 3.96. The Kier molecular flexibility index (Phi) is 4.76. The number of nitrogens with zero attached hydrogens (tertiary/aromatic N) is 1. The highest BCUT2D eigenvalue weighted by Crippen LogP contribution is 2.39. The highest BCUT2D eigenvalue weighted by atomic mass is 35.5. The van der Waals surface area contributed by atoms with Gasteiger partial charge < -0.3 is 5.11 Å². The zero-order chi connectivity index (χ0) is 14.9. The lowest BCUT2D eigenvalue weighted by atomic mass is 10.00. The number of carbonyl (C=O) groups is 1. The first-order valence-electron chi connectivity index (χ1n) is 5.40. The quantitative estimate of drug-likeness (QED) is 0.626. The number of hydrogen-bond donors (Lipinski definition) is 1. The number of halogens is 4. The van der Waals surface area contributed by atoms with Crippen molar-refractivity contribution >= 4 is 52.4 Å². The van der Waals surface area contributed by atoms with E-state index in [0.717, 1.165) is 0 Å². The molecule has 7 heteroatoms. The van der Waals surface area contributed by atoms with Gasteiger partial charge in [-0.05, 0) is 17.7 Å². The van der Waals surface area contributed by atoms with Crippen LogP contribution in [0, 0.1) is 0 Å². The fourth-order valence-electron chi connectivity index (χ4n) is 1.75. The molecule has 2 aromatic rings. The molecule has 1 N–H and O–H groups in total. The monoisotopic (exact) mass is 349 g/mol. The summed E-state index contributed by atoms with van der Waals surface area (Å²) in [4.78, 5) is 14.9. The summed E-state index contributed by atoms with van der Waals surface area (Å²) < 4.78 is 0. The molecule has 20 heavy (non-hydrogen) atoms. The predicted molar refractivity (Wildman–Crippen MR) is 81.1 cm³/mol. The molecule has 0 radical (unpaired) electrons. The topological polar surface area (TPSA) is 50.2 Å². The largest absolute Gasteiger partial charge is 0.481 e. The van der Waals surface area contributed by atoms with Crippen LogP contribution in [0.15, 0.2) is 24.4 Å². The molecule has 0 aliphatic carbocycles. The first-order valence-corrected chi connectivity index (χ1v) is 6.91. The predicted octanol–water partition coefficient (Wildman–Crippen LogP) is 4.99. The molecule has 1 aromatic heterocycles. The Morgan fingerprint density at radius 1 is 1.10 bits per heavy atom. The lowest BCUT2D eigenvalue weighted by Crippen LogP contribution is -2.03. The number of rotatable bonds is 3. The third-order valence-corrected chi connectivity index (χ3v) is 4.12. The number of aliphatic carboxylic acids is 1. The molecule has 0 bridgehead atoms. The van der Waals surface area contributed by atoms with Crippen LogP contribution in [0.5, 0.6) is 0 Å². The van der Waals surface area contributed by atoms with E-state index in [1.54, 1.807) is 12.1 Å². The van der Waals surface area contributed by atoms with E-state index < -0.39 is 5.97 Å². The van der Waals surface area contributed by atoms with Crippen molar-refractivity contribution in [2.75, 3.05) is 0 Å². The van der Waals surface area contributed by atoms with Crippen LogP contribution >= 0.6 is 46.4 Å². The van der Waals surface area contributed by atoms with Gasteiger partial charge in [0.25, 0.3) is 0 Å². The van der Waals surface area contributed by atoms with Gasteiger partial charge >= 0.3 is 5.97 Å². The van der Waals surface area contributed by atoms with Crippen molar-refractivity contribution in [2.45, 2.75) is 6.42 Å². The standard InChI is InChI=1S/C13H7Cl4NO2/c14-9-2-1-7(12(16)13(9)17)8-5-18-10(15)3-6(8)4-11(19)20/h1-3,5H,4H2,(H,19,20). The Balaban J connectivity index is 2.63. The summed E-state index contributed by atoms with van der Waals surface area (Å²) in [6.45, 7) is 0. The smallest absolute Gasteiger partial charge is 0.307 e. The summed E-state index contributed by atoms with van der Waals surface area (Å²) in [5.41, 5.74) is 1.61. The fourth-order valence-corrected chi connectivity index (χ4v) is 2.57. The maximum absolute atomic E-state index is 10.9. The van der Waals surface area contributed by atoms with Crippen molar-refractivity contribution in [1.82, 2.24) is 4.98 Å². The van der Waals surface area contributed by atoms with Crippen LogP contribution in [0.4, 0.5) is 0 Å². The molecule has 0 aliphatic heterocycles. The van der Waals surface area contributed by atoms with E-state index in [-0.39, 0.29) is 21.6 Å². The van der Waals surface area contributed by atoms with Gasteiger partial charge in [-0.1, -0.05) is 52.5 Å². The van der Waals surface area contributed by atoms with E-state index in [2.05, 4.69) is 4.98 Å². The molecule has 0 fully saturated rings. The fraction of sp³-hybridized carbons (Fsp3) is 0.0769. The van der Waals surface area contributed by atoms with Crippen molar-refractivity contribution < 1.29 is 9.90 Å². The molecule has 0 unspecified atom stereocenters. The lowest BCUT2D eigenvalue weighted by molar-refractivity contribution is -0.136. The molecule has 0 atom stereocenters. The summed E-state index contributed by atoms with van der Waals surface area (Å²) in [6, 6.07) is 4.74. The van der Waals surface area contributed by atoms with Gasteiger partial charge in [-0.3, -0.25) is 4.79 Å². The minimum Gasteiger partial charge on any atom is -0.481 e. The molecule has 0 spiro atoms. The number of pyridine rings is 1. The van der Waals surface area contributed by atoms with Crippen molar-refractivity contribution in [3.05, 3.63) is 50.2 Å². The zero-order valence-electron chi connectivity index (χ0n) is 9.83. The van der Waals surface area contributed by atoms with Gasteiger partial charge in [0.05, 0.1) is 21.5 Å². The Morgan fingerprint density at radius 3 is 2.45 bits per heavy atom. The van der Waals surface area contributed by atoms with Crippen molar-refractivity contribution in [1.29, 1.82) is 0 Å². The molecule has 0 amide bonds. The van der Waals surface area contributed by atoms with Crippen molar-refractivity contribution in [2.24, 2.45) is 0 Å². The van der Waals surface area contributed by atoms with Gasteiger partial charge in [-0.25, -0.2) is 4.98 Å². The van der Waals surface area contributed by atoms with E-state index in [1.165, 1.54) is 12.3 Å². The Labute approximate surface area is 135 Å². The Morgan fingerprint density at radius 2 is 1.80 bits per heavy atom. The van der Waals surface area contributed by atoms with E-state index in [4.69, 9.17) is 51.5 Å². The molecular weight excluding hydrogens is 344 g/mol. The van der Waals surface area contributed by atoms with Gasteiger partial charge in [0, 0.05) is 17.3 Å². The average Bonchev–Trinajstić information content (AvgIpc) is 2.37. The summed E-state index contributed by atoms with van der Waals surface area (Å²) in [5.74, 6) is -0.982. The van der Waals surface area contributed by atoms with Crippen LogP contribution in [0.25, 0.3) is 11.1 Å². The number of hydrogen-bond acceptors (Lipinski definition) is 2. The highest BCUT2D eigenvalue weighted by molar-refractivity contribution is 6.49. The molecular formula is C13H7Cl4NO2. The van der Waals surface area contributed by atoms with Crippen LogP contribution in [0.2, 0.25) is 20.2 Å². The van der Waals surface area contributed by atoms with Gasteiger partial charge in [0.1, 0.15) is 5.15 Å². The van der Waals surface area contributed by atoms with E-state index in [1.807, 2.05) is 0 Å². The molecule has 2 rings (SSSR count). The minimum atomic E-state index is -0.982. The molecule has 1 heterocycles. The Hall–Kier alpha value is -1.000. The van der Waals surface area contributed by atoms with Crippen molar-refractivity contribution in [3.8, 4) is 11.1 Å². The summed E-state index contributed by atoms with van der Waals surface area (Å²) in [7, 11) is 0. The van der Waals surface area contributed by atoms with Crippen LogP contribution in [0.1, 0.15) is 5.56 Å². The average molecular weight is 351 g/mol. The summed E-state index contributed by atoms with van der Waals surface area (Å²) >= 11 is 23.8. The summed E-state index contributed by atoms with van der Waals surface area (Å²) in [6.07, 6.45) is 1.26. The SMILES string of the molecule is O=C(O)Cc1cc(Cl)ncc1-c1ccc(Cl)c(Cl)c1Cl. The second-order valence-corrected chi connectivity index (χ2v) is 5.51. The third-order valence-electron chi connectivity index (χ3n) is 2.62. The van der Waals surface area contributed by atoms with E-state index in [9.17, 15) is 4.79 Å². The molecule has 0 saturated carbocycles.